The molecule has 0 saturated carbocycles. The third-order valence-electron chi connectivity index (χ3n) is 6.97. The topological polar surface area (TPSA) is 135 Å². The SMILES string of the molecule is CC(C)(C)OC(=O)NC[C@H]1CN(c2ccc(N3CCN(C(=O)CCCc4ccc([N+](=O)[O-])cc4)CC3)c(F)c2)C(=O)O1. The largest absolute Gasteiger partial charge is 0.444 e. The van der Waals surface area contributed by atoms with Gasteiger partial charge in [-0.1, -0.05) is 12.1 Å². The number of nitro benzene ring substituents is 1. The van der Waals surface area contributed by atoms with Gasteiger partial charge in [-0.25, -0.2) is 14.0 Å². The Kier molecular flexibility index (Phi) is 9.48. The minimum absolute atomic E-state index is 0.0237. The Balaban J connectivity index is 1.23. The first-order valence-corrected chi connectivity index (χ1v) is 13.9. The van der Waals surface area contributed by atoms with Gasteiger partial charge in [-0.15, -0.1) is 0 Å². The number of hydrogen-bond donors (Lipinski definition) is 1. The lowest BCUT2D eigenvalue weighted by Crippen LogP contribution is -2.49. The molecule has 42 heavy (non-hydrogen) atoms. The predicted molar refractivity (Wildman–Crippen MR) is 153 cm³/mol. The normalized spacial score (nSPS) is 17.2. The van der Waals surface area contributed by atoms with Crippen molar-refractivity contribution in [3.8, 4) is 0 Å². The lowest BCUT2D eigenvalue weighted by atomic mass is 10.1. The van der Waals surface area contributed by atoms with Gasteiger partial charge in [0.05, 0.1) is 29.4 Å². The molecule has 0 aromatic heterocycles. The number of cyclic esters (lactones) is 1. The van der Waals surface area contributed by atoms with Gasteiger partial charge in [0.2, 0.25) is 5.91 Å². The second kappa shape index (κ2) is 13.0. The molecule has 2 aliphatic heterocycles. The molecule has 0 unspecified atom stereocenters. The standard InChI is InChI=1S/C29H36FN5O7/c1-29(2,3)42-27(37)31-18-23-19-34(28(38)41-23)22-11-12-25(24(30)17-22)32-13-15-33(16-14-32)26(36)6-4-5-20-7-9-21(10-8-20)35(39)40/h7-12,17,23H,4-6,13-16,18-19H2,1-3H3,(H,31,37)/t23-/m0/s1. The summed E-state index contributed by atoms with van der Waals surface area (Å²) >= 11 is 0. The number of carbonyl (C=O) groups excluding carboxylic acids is 3. The van der Waals surface area contributed by atoms with E-state index < -0.39 is 34.6 Å². The lowest BCUT2D eigenvalue weighted by molar-refractivity contribution is -0.384. The molecule has 2 fully saturated rings. The average molecular weight is 586 g/mol. The molecule has 12 nitrogen and oxygen atoms in total. The number of aryl methyl sites for hydroxylation is 1. The summed E-state index contributed by atoms with van der Waals surface area (Å²) in [5.41, 5.74) is 1.06. The number of nitrogens with zero attached hydrogens (tertiary/aromatic N) is 4. The fourth-order valence-electron chi connectivity index (χ4n) is 4.85. The number of alkyl carbamates (subject to hydrolysis) is 1. The molecule has 2 aromatic carbocycles. The Morgan fingerprint density at radius 3 is 2.43 bits per heavy atom. The quantitative estimate of drug-likeness (QED) is 0.341. The van der Waals surface area contributed by atoms with Crippen LogP contribution in [0.2, 0.25) is 0 Å². The minimum Gasteiger partial charge on any atom is -0.444 e. The maximum absolute atomic E-state index is 15.2. The van der Waals surface area contributed by atoms with Crippen molar-refractivity contribution >= 4 is 35.2 Å². The molecule has 0 bridgehead atoms. The van der Waals surface area contributed by atoms with Gasteiger partial charge in [0, 0.05) is 44.7 Å². The monoisotopic (exact) mass is 585 g/mol. The Bertz CT molecular complexity index is 1310. The number of nitro groups is 1. The van der Waals surface area contributed by atoms with Crippen LogP contribution in [-0.2, 0) is 20.7 Å². The van der Waals surface area contributed by atoms with Crippen molar-refractivity contribution in [3.05, 3.63) is 64.0 Å². The number of rotatable bonds is 9. The maximum atomic E-state index is 15.2. The highest BCUT2D eigenvalue weighted by Crippen LogP contribution is 2.29. The molecule has 0 aliphatic carbocycles. The Morgan fingerprint density at radius 2 is 1.81 bits per heavy atom. The van der Waals surface area contributed by atoms with E-state index >= 15 is 4.39 Å². The molecule has 1 N–H and O–H groups in total. The molecule has 0 spiro atoms. The van der Waals surface area contributed by atoms with E-state index in [9.17, 15) is 24.5 Å². The summed E-state index contributed by atoms with van der Waals surface area (Å²) < 4.78 is 25.7. The fraction of sp³-hybridized carbons (Fsp3) is 0.483. The summed E-state index contributed by atoms with van der Waals surface area (Å²) in [4.78, 5) is 52.3. The number of ether oxygens (including phenoxy) is 2. The lowest BCUT2D eigenvalue weighted by Gasteiger charge is -2.36. The van der Waals surface area contributed by atoms with Crippen LogP contribution in [0.3, 0.4) is 0 Å². The molecule has 2 saturated heterocycles. The summed E-state index contributed by atoms with van der Waals surface area (Å²) in [7, 11) is 0. The van der Waals surface area contributed by atoms with Crippen LogP contribution in [0.1, 0.15) is 39.2 Å². The van der Waals surface area contributed by atoms with Crippen molar-refractivity contribution in [2.24, 2.45) is 0 Å². The first-order chi connectivity index (χ1) is 19.9. The fourth-order valence-corrected chi connectivity index (χ4v) is 4.85. The number of anilines is 2. The number of amides is 3. The summed E-state index contributed by atoms with van der Waals surface area (Å²) in [5.74, 6) is -0.464. The van der Waals surface area contributed by atoms with Crippen LogP contribution < -0.4 is 15.1 Å². The summed E-state index contributed by atoms with van der Waals surface area (Å²) in [6.45, 7) is 7.31. The van der Waals surface area contributed by atoms with Crippen LogP contribution in [0.15, 0.2) is 42.5 Å². The first-order valence-electron chi connectivity index (χ1n) is 13.9. The zero-order valence-electron chi connectivity index (χ0n) is 24.0. The van der Waals surface area contributed by atoms with Gasteiger partial charge in [-0.3, -0.25) is 19.8 Å². The summed E-state index contributed by atoms with van der Waals surface area (Å²) in [6, 6.07) is 10.9. The molecule has 226 valence electrons. The molecular formula is C29H36FN5O7. The molecular weight excluding hydrogens is 549 g/mol. The van der Waals surface area contributed by atoms with Gasteiger partial charge >= 0.3 is 12.2 Å². The van der Waals surface area contributed by atoms with Gasteiger partial charge < -0.3 is 24.6 Å². The molecule has 2 aromatic rings. The van der Waals surface area contributed by atoms with E-state index in [2.05, 4.69) is 5.32 Å². The van der Waals surface area contributed by atoms with Crippen molar-refractivity contribution in [1.29, 1.82) is 0 Å². The van der Waals surface area contributed by atoms with E-state index in [-0.39, 0.29) is 24.7 Å². The van der Waals surface area contributed by atoms with E-state index in [4.69, 9.17) is 9.47 Å². The third-order valence-corrected chi connectivity index (χ3v) is 6.97. The molecule has 2 aliphatic rings. The zero-order chi connectivity index (χ0) is 30.4. The van der Waals surface area contributed by atoms with Gasteiger partial charge in [-0.05, 0) is 57.4 Å². The van der Waals surface area contributed by atoms with Crippen LogP contribution in [0, 0.1) is 15.9 Å². The molecule has 1 atom stereocenters. The van der Waals surface area contributed by atoms with Crippen LogP contribution >= 0.6 is 0 Å². The number of carbonyl (C=O) groups is 3. The van der Waals surface area contributed by atoms with E-state index in [0.717, 1.165) is 5.56 Å². The van der Waals surface area contributed by atoms with Crippen LogP contribution in [0.4, 0.5) is 31.0 Å². The van der Waals surface area contributed by atoms with Gasteiger partial charge in [0.25, 0.3) is 5.69 Å². The maximum Gasteiger partial charge on any atom is 0.414 e. The summed E-state index contributed by atoms with van der Waals surface area (Å²) in [6.07, 6.45) is -0.209. The second-order valence-corrected chi connectivity index (χ2v) is 11.3. The third kappa shape index (κ3) is 8.08. The Hall–Kier alpha value is -4.42. The molecule has 2 heterocycles. The average Bonchev–Trinajstić information content (AvgIpc) is 3.31. The first kappa shape index (κ1) is 30.5. The molecule has 4 rings (SSSR count). The van der Waals surface area contributed by atoms with Crippen LogP contribution in [0.5, 0.6) is 0 Å². The van der Waals surface area contributed by atoms with E-state index in [1.807, 2.05) is 4.90 Å². The number of hydrogen-bond acceptors (Lipinski definition) is 8. The number of halogens is 1. The Morgan fingerprint density at radius 1 is 1.12 bits per heavy atom. The van der Waals surface area contributed by atoms with Crippen LogP contribution in [0.25, 0.3) is 0 Å². The van der Waals surface area contributed by atoms with Crippen LogP contribution in [-0.4, -0.2) is 78.9 Å². The smallest absolute Gasteiger partial charge is 0.414 e. The van der Waals surface area contributed by atoms with Crippen molar-refractivity contribution in [1.82, 2.24) is 10.2 Å². The number of benzene rings is 2. The molecule has 3 amide bonds. The number of piperazine rings is 1. The zero-order valence-corrected chi connectivity index (χ0v) is 24.0. The van der Waals surface area contributed by atoms with Gasteiger partial charge in [0.15, 0.2) is 0 Å². The second-order valence-electron chi connectivity index (χ2n) is 11.3. The number of non-ortho nitro benzene ring substituents is 1. The van der Waals surface area contributed by atoms with Crippen molar-refractivity contribution < 1.29 is 33.2 Å². The predicted octanol–water partition coefficient (Wildman–Crippen LogP) is 4.26. The highest BCUT2D eigenvalue weighted by atomic mass is 19.1. The van der Waals surface area contributed by atoms with Crippen molar-refractivity contribution in [2.45, 2.75) is 51.7 Å². The Labute approximate surface area is 243 Å². The van der Waals surface area contributed by atoms with E-state index in [0.29, 0.717) is 56.8 Å². The molecule has 13 heteroatoms. The minimum atomic E-state index is -0.650. The summed E-state index contributed by atoms with van der Waals surface area (Å²) in [5, 5.41) is 13.4. The van der Waals surface area contributed by atoms with Gasteiger partial charge in [-0.2, -0.15) is 0 Å². The van der Waals surface area contributed by atoms with Crippen molar-refractivity contribution in [3.63, 3.8) is 0 Å². The van der Waals surface area contributed by atoms with Crippen molar-refractivity contribution in [2.75, 3.05) is 49.1 Å². The highest BCUT2D eigenvalue weighted by Gasteiger charge is 2.33. The van der Waals surface area contributed by atoms with Gasteiger partial charge in [0.1, 0.15) is 17.5 Å². The van der Waals surface area contributed by atoms with E-state index in [1.54, 1.807) is 49.9 Å². The van der Waals surface area contributed by atoms with E-state index in [1.165, 1.54) is 23.1 Å². The molecule has 0 radical (unpaired) electrons. The number of nitrogens with one attached hydrogen (secondary N) is 1. The highest BCUT2D eigenvalue weighted by molar-refractivity contribution is 5.90.